The van der Waals surface area contributed by atoms with Crippen LogP contribution in [0.3, 0.4) is 0 Å². The van der Waals surface area contributed by atoms with Crippen LogP contribution >= 0.6 is 38.5 Å². The molecule has 0 spiro atoms. The van der Waals surface area contributed by atoms with E-state index in [2.05, 4.69) is 82.8 Å². The molecule has 0 heterocycles. The van der Waals surface area contributed by atoms with Crippen LogP contribution in [-0.2, 0) is 0 Å². The fraction of sp³-hybridized carbons (Fsp3) is 0.571. The largest absolute Gasteiger partial charge is 0.310 e. The third kappa shape index (κ3) is 5.26. The van der Waals surface area contributed by atoms with Gasteiger partial charge in [-0.3, -0.25) is 0 Å². The summed E-state index contributed by atoms with van der Waals surface area (Å²) in [5.74, 6) is 0.708. The Hall–Kier alpha value is 0.390. The summed E-state index contributed by atoms with van der Waals surface area (Å²) in [5.41, 5.74) is 1.42. The monoisotopic (exact) mass is 409 g/mol. The van der Waals surface area contributed by atoms with Gasteiger partial charge in [-0.15, -0.1) is 0 Å². The summed E-state index contributed by atoms with van der Waals surface area (Å²) < 4.78 is 2.51. The predicted molar refractivity (Wildman–Crippen MR) is 87.3 cm³/mol. The summed E-state index contributed by atoms with van der Waals surface area (Å²) in [6.07, 6.45) is 2.37. The topological polar surface area (TPSA) is 12.0 Å². The number of rotatable bonds is 6. The molecule has 0 amide bonds. The van der Waals surface area contributed by atoms with E-state index in [9.17, 15) is 0 Å². The molecular formula is C14H21BrIN. The van der Waals surface area contributed by atoms with Crippen LogP contribution < -0.4 is 5.32 Å². The van der Waals surface area contributed by atoms with Crippen LogP contribution in [-0.4, -0.2) is 6.54 Å². The van der Waals surface area contributed by atoms with Crippen molar-refractivity contribution in [2.24, 2.45) is 5.92 Å². The van der Waals surface area contributed by atoms with Crippen molar-refractivity contribution in [3.8, 4) is 0 Å². The Morgan fingerprint density at radius 3 is 2.65 bits per heavy atom. The molecule has 1 aromatic rings. The van der Waals surface area contributed by atoms with E-state index >= 15 is 0 Å². The lowest BCUT2D eigenvalue weighted by atomic mass is 9.97. The third-order valence-corrected chi connectivity index (χ3v) is 4.16. The Kier molecular flexibility index (Phi) is 7.04. The van der Waals surface area contributed by atoms with Crippen LogP contribution in [0.1, 0.15) is 45.2 Å². The first-order valence-electron chi connectivity index (χ1n) is 6.23. The van der Waals surface area contributed by atoms with Gasteiger partial charge in [0.2, 0.25) is 0 Å². The van der Waals surface area contributed by atoms with E-state index in [1.807, 2.05) is 0 Å². The zero-order valence-electron chi connectivity index (χ0n) is 10.8. The average Bonchev–Trinajstić information content (AvgIpc) is 2.27. The van der Waals surface area contributed by atoms with Gasteiger partial charge in [0.1, 0.15) is 0 Å². The van der Waals surface area contributed by atoms with E-state index in [-0.39, 0.29) is 0 Å². The Balaban J connectivity index is 2.90. The lowest BCUT2D eigenvalue weighted by molar-refractivity contribution is 0.429. The molecule has 1 rings (SSSR count). The van der Waals surface area contributed by atoms with Crippen molar-refractivity contribution >= 4 is 38.5 Å². The van der Waals surface area contributed by atoms with Gasteiger partial charge in [0.05, 0.1) is 0 Å². The fourth-order valence-electron chi connectivity index (χ4n) is 1.89. The average molecular weight is 410 g/mol. The molecule has 1 N–H and O–H groups in total. The van der Waals surface area contributed by atoms with Gasteiger partial charge in [-0.1, -0.05) is 36.7 Å². The minimum Gasteiger partial charge on any atom is -0.310 e. The zero-order valence-corrected chi connectivity index (χ0v) is 14.5. The molecular weight excluding hydrogens is 389 g/mol. The van der Waals surface area contributed by atoms with Crippen molar-refractivity contribution in [3.63, 3.8) is 0 Å². The Labute approximate surface area is 127 Å². The minimum atomic E-state index is 0.472. The van der Waals surface area contributed by atoms with Crippen molar-refractivity contribution in [1.82, 2.24) is 5.32 Å². The van der Waals surface area contributed by atoms with E-state index in [1.54, 1.807) is 0 Å². The summed E-state index contributed by atoms with van der Waals surface area (Å²) in [7, 11) is 0. The zero-order chi connectivity index (χ0) is 12.8. The number of nitrogens with one attached hydrogen (secondary N) is 1. The van der Waals surface area contributed by atoms with Crippen molar-refractivity contribution in [2.75, 3.05) is 6.54 Å². The molecule has 1 nitrogen and oxygen atoms in total. The summed E-state index contributed by atoms with van der Waals surface area (Å²) in [6.45, 7) is 7.86. The van der Waals surface area contributed by atoms with Crippen LogP contribution in [0.5, 0.6) is 0 Å². The summed E-state index contributed by atoms with van der Waals surface area (Å²) in [6, 6.07) is 7.01. The highest BCUT2D eigenvalue weighted by Gasteiger charge is 2.15. The summed E-state index contributed by atoms with van der Waals surface area (Å²) >= 11 is 6.00. The highest BCUT2D eigenvalue weighted by molar-refractivity contribution is 14.1. The molecule has 17 heavy (non-hydrogen) atoms. The van der Waals surface area contributed by atoms with Gasteiger partial charge in [0.15, 0.2) is 0 Å². The van der Waals surface area contributed by atoms with Gasteiger partial charge in [0, 0.05) is 14.1 Å². The minimum absolute atomic E-state index is 0.472. The normalized spacial score (nSPS) is 13.1. The first kappa shape index (κ1) is 15.4. The lowest BCUT2D eigenvalue weighted by Gasteiger charge is -2.22. The second-order valence-corrected chi connectivity index (χ2v) is 6.88. The molecule has 0 fully saturated rings. The number of benzene rings is 1. The Morgan fingerprint density at radius 1 is 1.35 bits per heavy atom. The molecule has 0 radical (unpaired) electrons. The van der Waals surface area contributed by atoms with E-state index in [0.717, 1.165) is 6.54 Å². The maximum Gasteiger partial charge on any atom is 0.0333 e. The third-order valence-electron chi connectivity index (χ3n) is 2.68. The Bertz CT molecular complexity index is 352. The summed E-state index contributed by atoms with van der Waals surface area (Å²) in [5, 5.41) is 3.66. The molecule has 0 aliphatic rings. The van der Waals surface area contributed by atoms with Crippen LogP contribution in [0.25, 0.3) is 0 Å². The van der Waals surface area contributed by atoms with E-state index < -0.39 is 0 Å². The molecule has 1 atom stereocenters. The van der Waals surface area contributed by atoms with Gasteiger partial charge in [-0.25, -0.2) is 0 Å². The van der Waals surface area contributed by atoms with Crippen LogP contribution in [0.15, 0.2) is 22.7 Å². The second-order valence-electron chi connectivity index (χ2n) is 4.80. The van der Waals surface area contributed by atoms with Gasteiger partial charge >= 0.3 is 0 Å². The molecule has 0 aliphatic carbocycles. The predicted octanol–water partition coefficient (Wildman–Crippen LogP) is 5.14. The van der Waals surface area contributed by atoms with Gasteiger partial charge in [-0.05, 0) is 71.7 Å². The first-order valence-corrected chi connectivity index (χ1v) is 8.10. The van der Waals surface area contributed by atoms with Crippen molar-refractivity contribution < 1.29 is 0 Å². The van der Waals surface area contributed by atoms with E-state index in [4.69, 9.17) is 0 Å². The van der Waals surface area contributed by atoms with Crippen molar-refractivity contribution in [3.05, 3.63) is 31.8 Å². The van der Waals surface area contributed by atoms with Crippen molar-refractivity contribution in [2.45, 2.75) is 39.7 Å². The number of hydrogen-bond acceptors (Lipinski definition) is 1. The van der Waals surface area contributed by atoms with Crippen LogP contribution in [0, 0.1) is 9.49 Å². The highest BCUT2D eigenvalue weighted by atomic mass is 127. The second kappa shape index (κ2) is 7.74. The Morgan fingerprint density at radius 2 is 2.06 bits per heavy atom. The maximum absolute atomic E-state index is 3.66. The molecule has 1 unspecified atom stereocenters. The van der Waals surface area contributed by atoms with Crippen LogP contribution in [0.4, 0.5) is 0 Å². The van der Waals surface area contributed by atoms with Crippen molar-refractivity contribution in [1.29, 1.82) is 0 Å². The molecule has 0 saturated heterocycles. The first-order chi connectivity index (χ1) is 8.04. The van der Waals surface area contributed by atoms with E-state index in [1.165, 1.54) is 26.4 Å². The summed E-state index contributed by atoms with van der Waals surface area (Å²) in [4.78, 5) is 0. The van der Waals surface area contributed by atoms with Gasteiger partial charge in [0.25, 0.3) is 0 Å². The highest BCUT2D eigenvalue weighted by Crippen LogP contribution is 2.28. The molecule has 0 aliphatic heterocycles. The molecule has 96 valence electrons. The molecule has 1 aromatic carbocycles. The maximum atomic E-state index is 3.66. The SMILES string of the molecule is CCCNC(CC(C)C)c1cc(Br)ccc1I. The smallest absolute Gasteiger partial charge is 0.0333 e. The fourth-order valence-corrected chi connectivity index (χ4v) is 2.98. The standard InChI is InChI=1S/C14H21BrIN/c1-4-7-17-14(8-10(2)3)12-9-11(15)5-6-13(12)16/h5-6,9-10,14,17H,4,7-8H2,1-3H3. The molecule has 0 aromatic heterocycles. The van der Waals surface area contributed by atoms with Gasteiger partial charge < -0.3 is 5.32 Å². The lowest BCUT2D eigenvalue weighted by Crippen LogP contribution is -2.24. The number of halogens is 2. The quantitative estimate of drug-likeness (QED) is 0.641. The van der Waals surface area contributed by atoms with E-state index in [0.29, 0.717) is 12.0 Å². The number of hydrogen-bond donors (Lipinski definition) is 1. The molecule has 0 bridgehead atoms. The van der Waals surface area contributed by atoms with Crippen LogP contribution in [0.2, 0.25) is 0 Å². The molecule has 0 saturated carbocycles. The molecule has 3 heteroatoms. The van der Waals surface area contributed by atoms with Gasteiger partial charge in [-0.2, -0.15) is 0 Å².